The fourth-order valence-corrected chi connectivity index (χ4v) is 3.39. The summed E-state index contributed by atoms with van der Waals surface area (Å²) in [5, 5.41) is 3.36. The molecule has 0 aliphatic carbocycles. The Morgan fingerprint density at radius 1 is 1.26 bits per heavy atom. The Morgan fingerprint density at radius 2 is 1.89 bits per heavy atom. The van der Waals surface area contributed by atoms with E-state index in [4.69, 9.17) is 0 Å². The zero-order chi connectivity index (χ0) is 14.0. The Morgan fingerprint density at radius 3 is 2.47 bits per heavy atom. The summed E-state index contributed by atoms with van der Waals surface area (Å²) in [6.45, 7) is 10.5. The van der Waals surface area contributed by atoms with Gasteiger partial charge in [0.2, 0.25) is 0 Å². The van der Waals surface area contributed by atoms with Crippen LogP contribution in [0.5, 0.6) is 0 Å². The smallest absolute Gasteiger partial charge is 0.128 e. The molecule has 19 heavy (non-hydrogen) atoms. The van der Waals surface area contributed by atoms with Gasteiger partial charge in [0.15, 0.2) is 0 Å². The first-order valence-corrected chi connectivity index (χ1v) is 7.87. The van der Waals surface area contributed by atoms with Crippen molar-refractivity contribution in [3.8, 4) is 0 Å². The molecule has 1 aromatic rings. The number of rotatable bonds is 2. The van der Waals surface area contributed by atoms with Gasteiger partial charge in [-0.2, -0.15) is 0 Å². The molecular formula is C15H22FIN2. The average molecular weight is 376 g/mol. The van der Waals surface area contributed by atoms with Gasteiger partial charge in [-0.15, -0.1) is 0 Å². The lowest BCUT2D eigenvalue weighted by atomic mass is 9.80. The molecule has 4 heteroatoms. The van der Waals surface area contributed by atoms with Gasteiger partial charge in [0.25, 0.3) is 0 Å². The van der Waals surface area contributed by atoms with Crippen LogP contribution >= 0.6 is 22.6 Å². The Bertz CT molecular complexity index is 436. The first kappa shape index (κ1) is 15.2. The second-order valence-corrected chi connectivity index (χ2v) is 7.47. The van der Waals surface area contributed by atoms with E-state index in [9.17, 15) is 4.39 Å². The summed E-state index contributed by atoms with van der Waals surface area (Å²) < 4.78 is 15.4. The molecule has 106 valence electrons. The van der Waals surface area contributed by atoms with Gasteiger partial charge in [0.05, 0.1) is 0 Å². The highest BCUT2D eigenvalue weighted by molar-refractivity contribution is 14.1. The van der Waals surface area contributed by atoms with E-state index in [1.54, 1.807) is 6.07 Å². The number of halogens is 2. The summed E-state index contributed by atoms with van der Waals surface area (Å²) >= 11 is 2.26. The number of hydrogen-bond donors (Lipinski definition) is 1. The van der Waals surface area contributed by atoms with E-state index in [1.165, 1.54) is 0 Å². The highest BCUT2D eigenvalue weighted by Crippen LogP contribution is 2.39. The van der Waals surface area contributed by atoms with Crippen LogP contribution < -0.4 is 5.32 Å². The molecule has 1 aliphatic heterocycles. The molecule has 0 bridgehead atoms. The number of nitrogens with one attached hydrogen (secondary N) is 1. The number of benzene rings is 1. The lowest BCUT2D eigenvalue weighted by molar-refractivity contribution is 0.0834. The van der Waals surface area contributed by atoms with Crippen molar-refractivity contribution in [2.45, 2.75) is 26.8 Å². The quantitative estimate of drug-likeness (QED) is 0.796. The topological polar surface area (TPSA) is 15.3 Å². The molecular weight excluding hydrogens is 354 g/mol. The maximum Gasteiger partial charge on any atom is 0.128 e. The van der Waals surface area contributed by atoms with Crippen molar-refractivity contribution in [2.24, 2.45) is 5.41 Å². The van der Waals surface area contributed by atoms with E-state index in [0.29, 0.717) is 0 Å². The van der Waals surface area contributed by atoms with Gasteiger partial charge in [0.1, 0.15) is 5.82 Å². The van der Waals surface area contributed by atoms with Crippen LogP contribution in [-0.2, 0) is 0 Å². The van der Waals surface area contributed by atoms with Crippen LogP contribution in [0, 0.1) is 14.8 Å². The van der Waals surface area contributed by atoms with Crippen molar-refractivity contribution in [3.05, 3.63) is 33.1 Å². The van der Waals surface area contributed by atoms with Crippen LogP contribution in [0.3, 0.4) is 0 Å². The van der Waals surface area contributed by atoms with Crippen LogP contribution in [0.25, 0.3) is 0 Å². The van der Waals surface area contributed by atoms with E-state index >= 15 is 0 Å². The largest absolute Gasteiger partial charge is 0.314 e. The molecule has 1 N–H and O–H groups in total. The van der Waals surface area contributed by atoms with Gasteiger partial charge >= 0.3 is 0 Å². The Kier molecular flexibility index (Phi) is 4.84. The second kappa shape index (κ2) is 6.06. The van der Waals surface area contributed by atoms with Gasteiger partial charge in [-0.25, -0.2) is 4.39 Å². The molecule has 1 aromatic carbocycles. The van der Waals surface area contributed by atoms with Crippen molar-refractivity contribution >= 4 is 22.6 Å². The summed E-state index contributed by atoms with van der Waals surface area (Å²) in [6.07, 6.45) is 0. The zero-order valence-corrected chi connectivity index (χ0v) is 14.0. The molecule has 0 radical (unpaired) electrons. The van der Waals surface area contributed by atoms with Gasteiger partial charge in [0, 0.05) is 41.4 Å². The Labute approximate surface area is 128 Å². The van der Waals surface area contributed by atoms with Gasteiger partial charge in [-0.05, 0) is 46.2 Å². The fraction of sp³-hybridized carbons (Fsp3) is 0.600. The van der Waals surface area contributed by atoms with Crippen LogP contribution in [0.1, 0.15) is 32.4 Å². The molecule has 0 aromatic heterocycles. The minimum atomic E-state index is -0.0844. The van der Waals surface area contributed by atoms with Crippen molar-refractivity contribution in [2.75, 3.05) is 26.2 Å². The normalized spacial score (nSPS) is 19.4. The monoisotopic (exact) mass is 376 g/mol. The van der Waals surface area contributed by atoms with Crippen LogP contribution in [-0.4, -0.2) is 31.1 Å². The SMILES string of the molecule is CC(C)(C)[C@@H](c1cc(I)ccc1F)N1CCNCC1. The number of nitrogens with zero attached hydrogens (tertiary/aromatic N) is 1. The number of piperazine rings is 1. The molecule has 1 fully saturated rings. The highest BCUT2D eigenvalue weighted by Gasteiger charge is 2.34. The van der Waals surface area contributed by atoms with Crippen molar-refractivity contribution < 1.29 is 4.39 Å². The summed E-state index contributed by atoms with van der Waals surface area (Å²) in [5.41, 5.74) is 0.851. The van der Waals surface area contributed by atoms with Gasteiger partial charge < -0.3 is 5.32 Å². The molecule has 1 atom stereocenters. The molecule has 2 nitrogen and oxygen atoms in total. The molecule has 1 heterocycles. The zero-order valence-electron chi connectivity index (χ0n) is 11.8. The van der Waals surface area contributed by atoms with Gasteiger partial charge in [-0.1, -0.05) is 20.8 Å². The van der Waals surface area contributed by atoms with E-state index in [-0.39, 0.29) is 17.3 Å². The summed E-state index contributed by atoms with van der Waals surface area (Å²) in [6, 6.07) is 5.55. The minimum Gasteiger partial charge on any atom is -0.314 e. The van der Waals surface area contributed by atoms with Crippen molar-refractivity contribution in [1.82, 2.24) is 10.2 Å². The van der Waals surface area contributed by atoms with Crippen LogP contribution in [0.2, 0.25) is 0 Å². The van der Waals surface area contributed by atoms with E-state index in [0.717, 1.165) is 35.3 Å². The second-order valence-electron chi connectivity index (χ2n) is 6.22. The van der Waals surface area contributed by atoms with Gasteiger partial charge in [-0.3, -0.25) is 4.90 Å². The highest BCUT2D eigenvalue weighted by atomic mass is 127. The fourth-order valence-electron chi connectivity index (χ4n) is 2.88. The third-order valence-corrected chi connectivity index (χ3v) is 4.26. The maximum absolute atomic E-state index is 14.3. The molecule has 0 amide bonds. The summed E-state index contributed by atoms with van der Waals surface area (Å²) in [4.78, 5) is 2.41. The van der Waals surface area contributed by atoms with Crippen LogP contribution in [0.15, 0.2) is 18.2 Å². The standard InChI is InChI=1S/C15H22FIN2/c1-15(2,3)14(19-8-6-18-7-9-19)12-10-11(17)4-5-13(12)16/h4-5,10,14,18H,6-9H2,1-3H3/t14-/m1/s1. The molecule has 0 saturated carbocycles. The van der Waals surface area contributed by atoms with Crippen molar-refractivity contribution in [3.63, 3.8) is 0 Å². The van der Waals surface area contributed by atoms with E-state index in [1.807, 2.05) is 12.1 Å². The van der Waals surface area contributed by atoms with E-state index < -0.39 is 0 Å². The lowest BCUT2D eigenvalue weighted by Gasteiger charge is -2.42. The first-order chi connectivity index (χ1) is 8.89. The average Bonchev–Trinajstić information content (AvgIpc) is 2.33. The maximum atomic E-state index is 14.3. The molecule has 0 unspecified atom stereocenters. The van der Waals surface area contributed by atoms with Crippen molar-refractivity contribution in [1.29, 1.82) is 0 Å². The summed E-state index contributed by atoms with van der Waals surface area (Å²) in [7, 11) is 0. The first-order valence-electron chi connectivity index (χ1n) is 6.79. The predicted molar refractivity (Wildman–Crippen MR) is 85.8 cm³/mol. The Hall–Kier alpha value is -0.200. The minimum absolute atomic E-state index is 0.0165. The lowest BCUT2D eigenvalue weighted by Crippen LogP contribution is -2.48. The molecule has 2 rings (SSSR count). The number of hydrogen-bond acceptors (Lipinski definition) is 2. The third kappa shape index (κ3) is 3.67. The molecule has 0 spiro atoms. The third-order valence-electron chi connectivity index (χ3n) is 3.59. The van der Waals surface area contributed by atoms with Crippen LogP contribution in [0.4, 0.5) is 4.39 Å². The predicted octanol–water partition coefficient (Wildman–Crippen LogP) is 3.42. The molecule has 1 aliphatic rings. The summed E-state index contributed by atoms with van der Waals surface area (Å²) in [5.74, 6) is -0.0844. The Balaban J connectivity index is 2.39. The van der Waals surface area contributed by atoms with E-state index in [2.05, 4.69) is 53.6 Å². The molecule has 1 saturated heterocycles.